The molecule has 1 N–H and O–H groups in total. The highest BCUT2D eigenvalue weighted by Crippen LogP contribution is 2.12. The normalized spacial score (nSPS) is 12.2. The molecule has 0 aliphatic carbocycles. The summed E-state index contributed by atoms with van der Waals surface area (Å²) < 4.78 is 0. The van der Waals surface area contributed by atoms with Crippen LogP contribution in [-0.4, -0.2) is 23.5 Å². The number of carbonyl (C=O) groups excluding carboxylic acids is 1. The van der Waals surface area contributed by atoms with Crippen molar-refractivity contribution in [2.24, 2.45) is 5.92 Å². The zero-order valence-corrected chi connectivity index (χ0v) is 12.2. The predicted octanol–water partition coefficient (Wildman–Crippen LogP) is 3.49. The molecule has 0 spiro atoms. The van der Waals surface area contributed by atoms with Gasteiger partial charge in [0.15, 0.2) is 0 Å². The molecule has 1 aromatic heterocycles. The molecular formula is C14H22N2OS. The van der Waals surface area contributed by atoms with Gasteiger partial charge in [-0.3, -0.25) is 0 Å². The molecule has 0 aromatic carbocycles. The van der Waals surface area contributed by atoms with Gasteiger partial charge in [0, 0.05) is 17.5 Å². The van der Waals surface area contributed by atoms with Crippen molar-refractivity contribution in [2.75, 3.05) is 6.54 Å². The molecule has 0 bridgehead atoms. The van der Waals surface area contributed by atoms with Crippen LogP contribution in [0.25, 0.3) is 0 Å². The van der Waals surface area contributed by atoms with Crippen molar-refractivity contribution in [1.29, 1.82) is 0 Å². The van der Waals surface area contributed by atoms with Gasteiger partial charge in [0.25, 0.3) is 0 Å². The Morgan fingerprint density at radius 2 is 2.28 bits per heavy atom. The van der Waals surface area contributed by atoms with Crippen LogP contribution in [0.2, 0.25) is 0 Å². The minimum Gasteiger partial charge on any atom is -0.335 e. The molecule has 0 saturated carbocycles. The van der Waals surface area contributed by atoms with Crippen molar-refractivity contribution < 1.29 is 4.79 Å². The van der Waals surface area contributed by atoms with Crippen molar-refractivity contribution in [3.63, 3.8) is 0 Å². The molecule has 100 valence electrons. The molecule has 1 heterocycles. The van der Waals surface area contributed by atoms with E-state index >= 15 is 0 Å². The van der Waals surface area contributed by atoms with E-state index in [4.69, 9.17) is 0 Å². The summed E-state index contributed by atoms with van der Waals surface area (Å²) >= 11 is 1.66. The van der Waals surface area contributed by atoms with Crippen LogP contribution in [-0.2, 0) is 6.54 Å². The molecule has 0 aliphatic rings. The maximum Gasteiger partial charge on any atom is 0.318 e. The molecule has 0 aliphatic heterocycles. The van der Waals surface area contributed by atoms with E-state index in [1.807, 2.05) is 24.4 Å². The second-order valence-corrected chi connectivity index (χ2v) is 5.76. The number of nitrogens with zero attached hydrogens (tertiary/aromatic N) is 1. The number of nitrogens with one attached hydrogen (secondary N) is 1. The van der Waals surface area contributed by atoms with E-state index < -0.39 is 0 Å². The average molecular weight is 266 g/mol. The number of hydrogen-bond donors (Lipinski definition) is 1. The maximum atomic E-state index is 12.1. The molecule has 18 heavy (non-hydrogen) atoms. The summed E-state index contributed by atoms with van der Waals surface area (Å²) in [5.74, 6) is 0.432. The quantitative estimate of drug-likeness (QED) is 0.785. The Bertz CT molecular complexity index is 373. The fourth-order valence-electron chi connectivity index (χ4n) is 1.42. The van der Waals surface area contributed by atoms with E-state index in [0.717, 1.165) is 0 Å². The summed E-state index contributed by atoms with van der Waals surface area (Å²) in [7, 11) is 0. The van der Waals surface area contributed by atoms with Crippen LogP contribution in [0, 0.1) is 5.92 Å². The van der Waals surface area contributed by atoms with Crippen LogP contribution < -0.4 is 5.32 Å². The number of urea groups is 1. The Morgan fingerprint density at radius 1 is 1.56 bits per heavy atom. The molecule has 1 atom stereocenters. The highest BCUT2D eigenvalue weighted by Gasteiger charge is 2.16. The number of rotatable bonds is 6. The predicted molar refractivity (Wildman–Crippen MR) is 77.8 cm³/mol. The molecule has 0 fully saturated rings. The van der Waals surface area contributed by atoms with E-state index in [2.05, 4.69) is 25.7 Å². The Hall–Kier alpha value is -1.29. The van der Waals surface area contributed by atoms with Gasteiger partial charge in [-0.1, -0.05) is 26.0 Å². The molecule has 0 radical (unpaired) electrons. The van der Waals surface area contributed by atoms with E-state index in [0.29, 0.717) is 19.0 Å². The lowest BCUT2D eigenvalue weighted by Gasteiger charge is -2.25. The summed E-state index contributed by atoms with van der Waals surface area (Å²) in [4.78, 5) is 15.1. The monoisotopic (exact) mass is 266 g/mol. The molecule has 0 saturated heterocycles. The molecule has 1 rings (SSSR count). The number of thiophene rings is 1. The van der Waals surface area contributed by atoms with Crippen molar-refractivity contribution in [1.82, 2.24) is 10.2 Å². The van der Waals surface area contributed by atoms with Crippen molar-refractivity contribution in [3.8, 4) is 0 Å². The first-order valence-electron chi connectivity index (χ1n) is 6.23. The number of hydrogen-bond acceptors (Lipinski definition) is 2. The third-order valence-corrected chi connectivity index (χ3v) is 3.78. The number of carbonyl (C=O) groups is 1. The van der Waals surface area contributed by atoms with Crippen LogP contribution in [0.5, 0.6) is 0 Å². The fourth-order valence-corrected chi connectivity index (χ4v) is 2.14. The summed E-state index contributed by atoms with van der Waals surface area (Å²) in [6, 6.07) is 4.19. The fraction of sp³-hybridized carbons (Fsp3) is 0.500. The lowest BCUT2D eigenvalue weighted by atomic mass is 10.1. The first-order chi connectivity index (χ1) is 8.54. The summed E-state index contributed by atoms with van der Waals surface area (Å²) in [5.41, 5.74) is 0. The van der Waals surface area contributed by atoms with Gasteiger partial charge in [0.1, 0.15) is 0 Å². The van der Waals surface area contributed by atoms with Crippen molar-refractivity contribution >= 4 is 17.4 Å². The van der Waals surface area contributed by atoms with E-state index in [9.17, 15) is 4.79 Å². The van der Waals surface area contributed by atoms with Gasteiger partial charge in [-0.05, 0) is 24.3 Å². The smallest absolute Gasteiger partial charge is 0.318 e. The second-order valence-electron chi connectivity index (χ2n) is 4.73. The van der Waals surface area contributed by atoms with E-state index in [-0.39, 0.29) is 12.1 Å². The summed E-state index contributed by atoms with van der Waals surface area (Å²) in [5, 5.41) is 5.04. The van der Waals surface area contributed by atoms with Gasteiger partial charge < -0.3 is 10.2 Å². The van der Waals surface area contributed by atoms with Gasteiger partial charge >= 0.3 is 6.03 Å². The van der Waals surface area contributed by atoms with Gasteiger partial charge in [0.05, 0.1) is 6.54 Å². The molecule has 2 amide bonds. The molecule has 1 unspecified atom stereocenters. The minimum atomic E-state index is -0.0236. The van der Waals surface area contributed by atoms with Crippen LogP contribution >= 0.6 is 11.3 Å². The Kier molecular flexibility index (Phi) is 5.92. The minimum absolute atomic E-state index is 0.0236. The summed E-state index contributed by atoms with van der Waals surface area (Å²) in [6.45, 7) is 11.1. The first kappa shape index (κ1) is 14.8. The van der Waals surface area contributed by atoms with Crippen LogP contribution in [0.3, 0.4) is 0 Å². The largest absolute Gasteiger partial charge is 0.335 e. The lowest BCUT2D eigenvalue weighted by molar-refractivity contribution is 0.195. The molecule has 3 nitrogen and oxygen atoms in total. The first-order valence-corrected chi connectivity index (χ1v) is 7.11. The standard InChI is InChI=1S/C14H22N2OS/c1-5-8-16(10-13-7-6-9-18-13)14(17)15-12(4)11(2)3/h5-7,9,11-12H,1,8,10H2,2-4H3,(H,15,17). The molecule has 4 heteroatoms. The zero-order chi connectivity index (χ0) is 13.5. The topological polar surface area (TPSA) is 32.3 Å². The van der Waals surface area contributed by atoms with E-state index in [1.165, 1.54) is 4.88 Å². The zero-order valence-electron chi connectivity index (χ0n) is 11.3. The Labute approximate surface area is 114 Å². The SMILES string of the molecule is C=CCN(Cc1cccs1)C(=O)NC(C)C(C)C. The average Bonchev–Trinajstić information content (AvgIpc) is 2.81. The van der Waals surface area contributed by atoms with Crippen LogP contribution in [0.15, 0.2) is 30.2 Å². The van der Waals surface area contributed by atoms with Crippen LogP contribution in [0.4, 0.5) is 4.79 Å². The third kappa shape index (κ3) is 4.53. The van der Waals surface area contributed by atoms with Crippen molar-refractivity contribution in [2.45, 2.75) is 33.4 Å². The highest BCUT2D eigenvalue weighted by atomic mass is 32.1. The molecular weight excluding hydrogens is 244 g/mol. The maximum absolute atomic E-state index is 12.1. The third-order valence-electron chi connectivity index (χ3n) is 2.91. The van der Waals surface area contributed by atoms with Gasteiger partial charge in [0.2, 0.25) is 0 Å². The Balaban J connectivity index is 2.60. The van der Waals surface area contributed by atoms with Gasteiger partial charge in [-0.2, -0.15) is 0 Å². The van der Waals surface area contributed by atoms with Crippen molar-refractivity contribution in [3.05, 3.63) is 35.0 Å². The Morgan fingerprint density at radius 3 is 2.78 bits per heavy atom. The lowest BCUT2D eigenvalue weighted by Crippen LogP contribution is -2.45. The van der Waals surface area contributed by atoms with E-state index in [1.54, 1.807) is 22.3 Å². The second kappa shape index (κ2) is 7.21. The summed E-state index contributed by atoms with van der Waals surface area (Å²) in [6.07, 6.45) is 1.76. The van der Waals surface area contributed by atoms with Gasteiger partial charge in [-0.25, -0.2) is 4.79 Å². The van der Waals surface area contributed by atoms with Gasteiger partial charge in [-0.15, -0.1) is 17.9 Å². The number of amides is 2. The highest BCUT2D eigenvalue weighted by molar-refractivity contribution is 7.09. The molecule has 1 aromatic rings. The van der Waals surface area contributed by atoms with Crippen LogP contribution in [0.1, 0.15) is 25.6 Å².